The Kier molecular flexibility index (Phi) is 6.76. The monoisotopic (exact) mass is 146 g/mol. The molecule has 0 saturated heterocycles. The first-order valence-electron chi connectivity index (χ1n) is 2.65. The number of nitrogens with one attached hydrogen (secondary N) is 1. The lowest BCUT2D eigenvalue weighted by Crippen LogP contribution is -2.20. The van der Waals surface area contributed by atoms with E-state index >= 15 is 0 Å². The van der Waals surface area contributed by atoms with Crippen LogP contribution in [0.4, 0.5) is 0 Å². The molecule has 5 N–H and O–H groups in total. The van der Waals surface area contributed by atoms with Crippen molar-refractivity contribution < 1.29 is 4.79 Å². The minimum Gasteiger partial charge on any atom is -0.370 e. The molecule has 0 aromatic rings. The molecule has 0 spiro atoms. The molecule has 0 bridgehead atoms. The average Bonchev–Trinajstić information content (AvgIpc) is 1.63. The Balaban J connectivity index is 0. The summed E-state index contributed by atoms with van der Waals surface area (Å²) >= 11 is 0. The SMILES string of the molecule is CC(=O)N(C)C.N=C(N)N. The van der Waals surface area contributed by atoms with Gasteiger partial charge in [-0.25, -0.2) is 0 Å². The van der Waals surface area contributed by atoms with Crippen molar-refractivity contribution in [3.63, 3.8) is 0 Å². The van der Waals surface area contributed by atoms with Crippen LogP contribution in [0.5, 0.6) is 0 Å². The van der Waals surface area contributed by atoms with Crippen LogP contribution >= 0.6 is 0 Å². The minimum absolute atomic E-state index is 0.0926. The molecule has 1 amide bonds. The van der Waals surface area contributed by atoms with E-state index in [4.69, 9.17) is 5.41 Å². The molecule has 5 heteroatoms. The highest BCUT2D eigenvalue weighted by Crippen LogP contribution is 1.69. The molecule has 0 aliphatic rings. The normalized spacial score (nSPS) is 7.10. The molecule has 0 atom stereocenters. The number of amides is 1. The molecule has 0 unspecified atom stereocenters. The molecule has 60 valence electrons. The standard InChI is InChI=1S/C4H9NO.CH5N3/c1-4(6)5(2)3;2-1(3)4/h1-3H3;(H5,2,3,4). The van der Waals surface area contributed by atoms with Crippen LogP contribution in [-0.4, -0.2) is 30.9 Å². The molecule has 0 saturated carbocycles. The summed E-state index contributed by atoms with van der Waals surface area (Å²) in [6.45, 7) is 1.53. The van der Waals surface area contributed by atoms with Crippen LogP contribution in [0.3, 0.4) is 0 Å². The van der Waals surface area contributed by atoms with Crippen molar-refractivity contribution in [2.24, 2.45) is 11.5 Å². The van der Waals surface area contributed by atoms with Crippen LogP contribution in [-0.2, 0) is 4.79 Å². The molecule has 0 heterocycles. The van der Waals surface area contributed by atoms with Gasteiger partial charge < -0.3 is 16.4 Å². The Labute approximate surface area is 60.5 Å². The lowest BCUT2D eigenvalue weighted by atomic mass is 10.7. The van der Waals surface area contributed by atoms with Gasteiger partial charge in [0, 0.05) is 21.0 Å². The molecule has 10 heavy (non-hydrogen) atoms. The summed E-state index contributed by atoms with van der Waals surface area (Å²) in [5.74, 6) is -0.241. The molecule has 0 aliphatic heterocycles. The minimum atomic E-state index is -0.333. The number of rotatable bonds is 0. The van der Waals surface area contributed by atoms with Crippen molar-refractivity contribution in [1.82, 2.24) is 4.90 Å². The van der Waals surface area contributed by atoms with Gasteiger partial charge in [-0.3, -0.25) is 10.2 Å². The highest BCUT2D eigenvalue weighted by molar-refractivity contribution is 5.72. The second-order valence-corrected chi connectivity index (χ2v) is 1.87. The largest absolute Gasteiger partial charge is 0.370 e. The second kappa shape index (κ2) is 5.87. The lowest BCUT2D eigenvalue weighted by Gasteiger charge is -2.02. The van der Waals surface area contributed by atoms with Crippen molar-refractivity contribution in [2.45, 2.75) is 6.92 Å². The van der Waals surface area contributed by atoms with Crippen LogP contribution < -0.4 is 11.5 Å². The first-order valence-corrected chi connectivity index (χ1v) is 2.65. The Hall–Kier alpha value is -1.26. The maximum atomic E-state index is 10.1. The molecular formula is C5H14N4O. The van der Waals surface area contributed by atoms with Gasteiger partial charge in [-0.05, 0) is 0 Å². The summed E-state index contributed by atoms with van der Waals surface area (Å²) in [7, 11) is 3.45. The van der Waals surface area contributed by atoms with Gasteiger partial charge in [0.15, 0.2) is 5.96 Å². The van der Waals surface area contributed by atoms with E-state index < -0.39 is 0 Å². The van der Waals surface area contributed by atoms with Crippen molar-refractivity contribution in [3.8, 4) is 0 Å². The molecule has 0 aromatic carbocycles. The van der Waals surface area contributed by atoms with Crippen molar-refractivity contribution in [2.75, 3.05) is 14.1 Å². The van der Waals surface area contributed by atoms with Crippen molar-refractivity contribution in [1.29, 1.82) is 5.41 Å². The van der Waals surface area contributed by atoms with Crippen LogP contribution in [0.1, 0.15) is 6.92 Å². The average molecular weight is 146 g/mol. The Morgan fingerprint density at radius 1 is 1.40 bits per heavy atom. The molecule has 0 aliphatic carbocycles. The predicted octanol–water partition coefficient (Wildman–Crippen LogP) is -1.07. The first kappa shape index (κ1) is 11.5. The van der Waals surface area contributed by atoms with E-state index in [-0.39, 0.29) is 11.9 Å². The lowest BCUT2D eigenvalue weighted by molar-refractivity contribution is -0.126. The molecule has 5 nitrogen and oxygen atoms in total. The maximum absolute atomic E-state index is 10.1. The highest BCUT2D eigenvalue weighted by Gasteiger charge is 1.87. The second-order valence-electron chi connectivity index (χ2n) is 1.87. The van der Waals surface area contributed by atoms with Gasteiger partial charge in [-0.15, -0.1) is 0 Å². The van der Waals surface area contributed by atoms with Gasteiger partial charge in [0.25, 0.3) is 0 Å². The van der Waals surface area contributed by atoms with E-state index in [1.165, 1.54) is 11.8 Å². The number of carbonyl (C=O) groups excluding carboxylic acids is 1. The maximum Gasteiger partial charge on any atom is 0.218 e. The predicted molar refractivity (Wildman–Crippen MR) is 40.5 cm³/mol. The zero-order chi connectivity index (χ0) is 8.73. The first-order chi connectivity index (χ1) is 4.37. The van der Waals surface area contributed by atoms with Crippen LogP contribution in [0, 0.1) is 5.41 Å². The van der Waals surface area contributed by atoms with Gasteiger partial charge in [0.05, 0.1) is 0 Å². The number of nitrogens with zero attached hydrogens (tertiary/aromatic N) is 1. The molecule has 0 radical (unpaired) electrons. The number of nitrogens with two attached hydrogens (primary N) is 2. The third-order valence-electron chi connectivity index (χ3n) is 0.630. The van der Waals surface area contributed by atoms with Gasteiger partial charge >= 0.3 is 0 Å². The number of carbonyl (C=O) groups is 1. The zero-order valence-electron chi connectivity index (χ0n) is 6.51. The molecule has 0 fully saturated rings. The molecule has 0 aromatic heterocycles. The third kappa shape index (κ3) is 29.6. The van der Waals surface area contributed by atoms with Crippen molar-refractivity contribution in [3.05, 3.63) is 0 Å². The topological polar surface area (TPSA) is 96.2 Å². The molecule has 0 rings (SSSR count). The fourth-order valence-electron chi connectivity index (χ4n) is 0. The van der Waals surface area contributed by atoms with E-state index in [1.807, 2.05) is 0 Å². The summed E-state index contributed by atoms with van der Waals surface area (Å²) in [5, 5.41) is 6.06. The molecular weight excluding hydrogens is 132 g/mol. The quantitative estimate of drug-likeness (QED) is 0.300. The van der Waals surface area contributed by atoms with Gasteiger partial charge in [0.1, 0.15) is 0 Å². The van der Waals surface area contributed by atoms with Crippen LogP contribution in [0.15, 0.2) is 0 Å². The van der Waals surface area contributed by atoms with E-state index in [9.17, 15) is 4.79 Å². The van der Waals surface area contributed by atoms with E-state index in [0.29, 0.717) is 0 Å². The van der Waals surface area contributed by atoms with E-state index in [0.717, 1.165) is 0 Å². The van der Waals surface area contributed by atoms with Crippen molar-refractivity contribution >= 4 is 11.9 Å². The zero-order valence-corrected chi connectivity index (χ0v) is 6.51. The fraction of sp³-hybridized carbons (Fsp3) is 0.600. The summed E-state index contributed by atoms with van der Waals surface area (Å²) in [6, 6.07) is 0. The summed E-state index contributed by atoms with van der Waals surface area (Å²) in [6.07, 6.45) is 0. The van der Waals surface area contributed by atoms with Crippen LogP contribution in [0.25, 0.3) is 0 Å². The third-order valence-corrected chi connectivity index (χ3v) is 0.630. The Morgan fingerprint density at radius 3 is 1.50 bits per heavy atom. The van der Waals surface area contributed by atoms with Gasteiger partial charge in [-0.2, -0.15) is 0 Å². The van der Waals surface area contributed by atoms with Gasteiger partial charge in [0.2, 0.25) is 5.91 Å². The number of guanidine groups is 1. The van der Waals surface area contributed by atoms with E-state index in [2.05, 4.69) is 11.5 Å². The summed E-state index contributed by atoms with van der Waals surface area (Å²) < 4.78 is 0. The number of hydrogen-bond donors (Lipinski definition) is 3. The number of hydrogen-bond acceptors (Lipinski definition) is 2. The highest BCUT2D eigenvalue weighted by atomic mass is 16.2. The van der Waals surface area contributed by atoms with Gasteiger partial charge in [-0.1, -0.05) is 0 Å². The smallest absolute Gasteiger partial charge is 0.218 e. The Bertz CT molecular complexity index is 117. The Morgan fingerprint density at radius 2 is 1.50 bits per heavy atom. The summed E-state index contributed by atoms with van der Waals surface area (Å²) in [4.78, 5) is 11.6. The van der Waals surface area contributed by atoms with E-state index in [1.54, 1.807) is 14.1 Å². The van der Waals surface area contributed by atoms with Crippen LogP contribution in [0.2, 0.25) is 0 Å². The fourth-order valence-corrected chi connectivity index (χ4v) is 0. The summed E-state index contributed by atoms with van der Waals surface area (Å²) in [5.41, 5.74) is 8.94.